The van der Waals surface area contributed by atoms with Crippen LogP contribution in [-0.4, -0.2) is 23.1 Å². The lowest BCUT2D eigenvalue weighted by Crippen LogP contribution is -2.50. The molecule has 0 saturated carbocycles. The molecule has 0 bridgehead atoms. The van der Waals surface area contributed by atoms with Crippen LogP contribution in [-0.2, 0) is 0 Å². The maximum atomic E-state index is 10.8. The second kappa shape index (κ2) is 3.98. The van der Waals surface area contributed by atoms with Crippen LogP contribution < -0.4 is 11.5 Å². The van der Waals surface area contributed by atoms with E-state index in [4.69, 9.17) is 11.5 Å². The topological polar surface area (TPSA) is 72.3 Å². The van der Waals surface area contributed by atoms with Crippen molar-refractivity contribution in [1.82, 2.24) is 4.90 Å². The van der Waals surface area contributed by atoms with Crippen LogP contribution in [0.3, 0.4) is 0 Å². The molecule has 4 N–H and O–H groups in total. The third-order valence-electron chi connectivity index (χ3n) is 1.47. The fourth-order valence-electron chi connectivity index (χ4n) is 0.886. The van der Waals surface area contributed by atoms with Crippen LogP contribution in [0.4, 0.5) is 4.79 Å². The number of primary amides is 1. The van der Waals surface area contributed by atoms with Gasteiger partial charge in [-0.1, -0.05) is 6.08 Å². The summed E-state index contributed by atoms with van der Waals surface area (Å²) in [6.07, 6.45) is 1.24. The zero-order chi connectivity index (χ0) is 9.02. The van der Waals surface area contributed by atoms with Crippen molar-refractivity contribution in [3.63, 3.8) is 0 Å². The van der Waals surface area contributed by atoms with Gasteiger partial charge in [0.2, 0.25) is 0 Å². The Kier molecular flexibility index (Phi) is 3.60. The predicted molar refractivity (Wildman–Crippen MR) is 44.7 cm³/mol. The van der Waals surface area contributed by atoms with Crippen LogP contribution in [0.5, 0.6) is 0 Å². The number of nitrogens with zero attached hydrogens (tertiary/aromatic N) is 1. The first-order valence-corrected chi connectivity index (χ1v) is 3.46. The Balaban J connectivity index is 4.33. The van der Waals surface area contributed by atoms with Crippen LogP contribution in [0.2, 0.25) is 0 Å². The largest absolute Gasteiger partial charge is 0.351 e. The molecule has 0 aliphatic rings. The van der Waals surface area contributed by atoms with E-state index in [1.165, 1.54) is 4.90 Å². The Bertz CT molecular complexity index is 156. The van der Waals surface area contributed by atoms with Gasteiger partial charge in [0.05, 0.1) is 12.2 Å². The summed E-state index contributed by atoms with van der Waals surface area (Å²) in [5.41, 5.74) is 10.6. The fourth-order valence-corrected chi connectivity index (χ4v) is 0.886. The van der Waals surface area contributed by atoms with E-state index in [0.29, 0.717) is 0 Å². The van der Waals surface area contributed by atoms with Gasteiger partial charge < -0.3 is 16.4 Å². The summed E-state index contributed by atoms with van der Waals surface area (Å²) in [6.45, 7) is 7.05. The average Bonchev–Trinajstić information content (AvgIpc) is 1.85. The lowest BCUT2D eigenvalue weighted by atomic mass is 10.3. The maximum absolute atomic E-state index is 10.8. The second-order valence-corrected chi connectivity index (χ2v) is 2.46. The monoisotopic (exact) mass is 157 g/mol. The summed E-state index contributed by atoms with van der Waals surface area (Å²) in [7, 11) is 0. The lowest BCUT2D eigenvalue weighted by Gasteiger charge is -2.28. The molecule has 0 aliphatic carbocycles. The molecule has 0 spiro atoms. The molecular formula is C7H15N3O. The summed E-state index contributed by atoms with van der Waals surface area (Å²) in [4.78, 5) is 12.1. The summed E-state index contributed by atoms with van der Waals surface area (Å²) in [6, 6.07) is -0.639. The van der Waals surface area contributed by atoms with Gasteiger partial charge in [0.15, 0.2) is 0 Å². The van der Waals surface area contributed by atoms with Gasteiger partial charge in [-0.15, -0.1) is 6.58 Å². The highest BCUT2D eigenvalue weighted by Crippen LogP contribution is 2.01. The number of rotatable bonds is 3. The van der Waals surface area contributed by atoms with E-state index in [0.717, 1.165) is 0 Å². The molecule has 0 aromatic rings. The highest BCUT2D eigenvalue weighted by atomic mass is 16.2. The first-order valence-electron chi connectivity index (χ1n) is 3.46. The number of urea groups is 1. The molecule has 0 aliphatic heterocycles. The van der Waals surface area contributed by atoms with Gasteiger partial charge in [-0.2, -0.15) is 0 Å². The van der Waals surface area contributed by atoms with Crippen LogP contribution in [0.15, 0.2) is 12.7 Å². The van der Waals surface area contributed by atoms with Crippen LogP contribution in [0, 0.1) is 0 Å². The molecule has 0 fully saturated rings. The molecule has 0 aromatic heterocycles. The molecule has 4 heteroatoms. The average molecular weight is 157 g/mol. The minimum absolute atomic E-state index is 0.118. The third kappa shape index (κ3) is 2.59. The Morgan fingerprint density at radius 3 is 2.18 bits per heavy atom. The summed E-state index contributed by atoms with van der Waals surface area (Å²) in [5.74, 6) is 0. The van der Waals surface area contributed by atoms with Crippen molar-refractivity contribution in [2.24, 2.45) is 11.5 Å². The molecule has 0 rings (SSSR count). The minimum atomic E-state index is -0.521. The number of nitrogens with two attached hydrogens (primary N) is 2. The van der Waals surface area contributed by atoms with Gasteiger partial charge in [-0.25, -0.2) is 4.79 Å². The van der Waals surface area contributed by atoms with E-state index >= 15 is 0 Å². The van der Waals surface area contributed by atoms with Crippen LogP contribution in [0.1, 0.15) is 13.8 Å². The maximum Gasteiger partial charge on any atom is 0.316 e. The van der Waals surface area contributed by atoms with Crippen molar-refractivity contribution in [3.05, 3.63) is 12.7 Å². The highest BCUT2D eigenvalue weighted by Gasteiger charge is 2.17. The van der Waals surface area contributed by atoms with E-state index in [9.17, 15) is 4.79 Å². The molecule has 64 valence electrons. The van der Waals surface area contributed by atoms with Gasteiger partial charge in [0.25, 0.3) is 0 Å². The zero-order valence-electron chi connectivity index (χ0n) is 6.95. The number of amides is 2. The zero-order valence-corrected chi connectivity index (χ0v) is 6.95. The van der Waals surface area contributed by atoms with Crippen LogP contribution >= 0.6 is 0 Å². The normalized spacial score (nSPS) is 15.2. The molecule has 0 radical (unpaired) electrons. The fraction of sp³-hybridized carbons (Fsp3) is 0.571. The standard InChI is InChI=1S/C7H15N3O/c1-4-5(2)10(6(3)8)7(9)11/h4-6H,1,8H2,2-3H3,(H2,9,11). The first-order chi connectivity index (χ1) is 5.00. The Labute approximate surface area is 66.8 Å². The van der Waals surface area contributed by atoms with Gasteiger partial charge in [-0.3, -0.25) is 0 Å². The van der Waals surface area contributed by atoms with Crippen molar-refractivity contribution in [3.8, 4) is 0 Å². The van der Waals surface area contributed by atoms with E-state index in [1.807, 2.05) is 0 Å². The first kappa shape index (κ1) is 9.97. The van der Waals surface area contributed by atoms with Crippen molar-refractivity contribution in [2.75, 3.05) is 0 Å². The van der Waals surface area contributed by atoms with Crippen molar-refractivity contribution < 1.29 is 4.79 Å². The molecule has 0 saturated heterocycles. The minimum Gasteiger partial charge on any atom is -0.351 e. The highest BCUT2D eigenvalue weighted by molar-refractivity contribution is 5.72. The van der Waals surface area contributed by atoms with Gasteiger partial charge in [-0.05, 0) is 13.8 Å². The van der Waals surface area contributed by atoms with Crippen molar-refractivity contribution >= 4 is 6.03 Å². The van der Waals surface area contributed by atoms with Gasteiger partial charge in [0.1, 0.15) is 0 Å². The van der Waals surface area contributed by atoms with E-state index in [-0.39, 0.29) is 12.2 Å². The van der Waals surface area contributed by atoms with Crippen molar-refractivity contribution in [2.45, 2.75) is 26.1 Å². The molecular weight excluding hydrogens is 142 g/mol. The van der Waals surface area contributed by atoms with Gasteiger partial charge >= 0.3 is 6.03 Å². The molecule has 2 atom stereocenters. The number of carbonyl (C=O) groups excluding carboxylic acids is 1. The van der Waals surface area contributed by atoms with E-state index < -0.39 is 6.03 Å². The molecule has 0 heterocycles. The Hall–Kier alpha value is -1.03. The number of hydrogen-bond donors (Lipinski definition) is 2. The molecule has 0 aromatic carbocycles. The SMILES string of the molecule is C=CC(C)N(C(N)=O)C(C)N. The molecule has 11 heavy (non-hydrogen) atoms. The Morgan fingerprint density at radius 1 is 1.64 bits per heavy atom. The summed E-state index contributed by atoms with van der Waals surface area (Å²) in [5, 5.41) is 0. The van der Waals surface area contributed by atoms with E-state index in [2.05, 4.69) is 6.58 Å². The molecule has 2 amide bonds. The quantitative estimate of drug-likeness (QED) is 0.455. The Morgan fingerprint density at radius 2 is 2.09 bits per heavy atom. The predicted octanol–water partition coefficient (Wildman–Crippen LogP) is 0.246. The molecule has 4 nitrogen and oxygen atoms in total. The van der Waals surface area contributed by atoms with Crippen LogP contribution in [0.25, 0.3) is 0 Å². The number of carbonyl (C=O) groups is 1. The second-order valence-electron chi connectivity index (χ2n) is 2.46. The van der Waals surface area contributed by atoms with Gasteiger partial charge in [0, 0.05) is 0 Å². The number of hydrogen-bond acceptors (Lipinski definition) is 2. The lowest BCUT2D eigenvalue weighted by molar-refractivity contribution is 0.178. The van der Waals surface area contributed by atoms with Crippen molar-refractivity contribution in [1.29, 1.82) is 0 Å². The smallest absolute Gasteiger partial charge is 0.316 e. The third-order valence-corrected chi connectivity index (χ3v) is 1.47. The molecule has 2 unspecified atom stereocenters. The van der Waals surface area contributed by atoms with E-state index in [1.54, 1.807) is 19.9 Å². The summed E-state index contributed by atoms with van der Waals surface area (Å²) >= 11 is 0. The summed E-state index contributed by atoms with van der Waals surface area (Å²) < 4.78 is 0.